The number of piperidine rings is 1. The number of ether oxygens (including phenoxy) is 3. The van der Waals surface area contributed by atoms with Gasteiger partial charge in [0.15, 0.2) is 11.5 Å². The van der Waals surface area contributed by atoms with E-state index in [2.05, 4.69) is 43.2 Å². The van der Waals surface area contributed by atoms with Crippen LogP contribution >= 0.6 is 15.9 Å². The molecule has 186 valence electrons. The number of benzene rings is 3. The lowest BCUT2D eigenvalue weighted by Gasteiger charge is -2.28. The first kappa shape index (κ1) is 24.3. The molecule has 0 radical (unpaired) electrons. The maximum Gasteiger partial charge on any atom is 0.163 e. The third kappa shape index (κ3) is 5.88. The molecule has 0 unspecified atom stereocenters. The van der Waals surface area contributed by atoms with Gasteiger partial charge in [-0.1, -0.05) is 15.9 Å². The Balaban J connectivity index is 1.30. The van der Waals surface area contributed by atoms with Crippen LogP contribution in [0, 0.1) is 5.92 Å². The number of fused-ring (bicyclic) bond motifs is 1. The molecule has 1 aliphatic heterocycles. The fourth-order valence-electron chi connectivity index (χ4n) is 4.25. The predicted octanol–water partition coefficient (Wildman–Crippen LogP) is 6.66. The maximum absolute atomic E-state index is 6.20. The van der Waals surface area contributed by atoms with Gasteiger partial charge in [-0.3, -0.25) is 0 Å². The van der Waals surface area contributed by atoms with Gasteiger partial charge in [0.05, 0.1) is 19.2 Å². The van der Waals surface area contributed by atoms with Crippen LogP contribution in [0.4, 0.5) is 11.5 Å². The lowest BCUT2D eigenvalue weighted by atomic mass is 9.98. The summed E-state index contributed by atoms with van der Waals surface area (Å²) in [5.41, 5.74) is 1.68. The highest BCUT2D eigenvalue weighted by atomic mass is 79.9. The van der Waals surface area contributed by atoms with E-state index in [1.165, 1.54) is 0 Å². The second kappa shape index (κ2) is 11.1. The van der Waals surface area contributed by atoms with Crippen molar-refractivity contribution in [1.82, 2.24) is 14.9 Å². The molecule has 1 saturated heterocycles. The van der Waals surface area contributed by atoms with Crippen LogP contribution in [0.3, 0.4) is 0 Å². The van der Waals surface area contributed by atoms with Crippen molar-refractivity contribution in [2.75, 3.05) is 39.2 Å². The van der Waals surface area contributed by atoms with Crippen molar-refractivity contribution in [2.45, 2.75) is 12.8 Å². The molecule has 3 aromatic carbocycles. The summed E-state index contributed by atoms with van der Waals surface area (Å²) in [6.07, 6.45) is 3.86. The summed E-state index contributed by atoms with van der Waals surface area (Å²) in [6.45, 7) is 2.91. The molecule has 2 heterocycles. The van der Waals surface area contributed by atoms with Crippen molar-refractivity contribution in [2.24, 2.45) is 5.92 Å². The van der Waals surface area contributed by atoms with Gasteiger partial charge < -0.3 is 24.4 Å². The summed E-state index contributed by atoms with van der Waals surface area (Å²) in [7, 11) is 3.82. The van der Waals surface area contributed by atoms with Crippen molar-refractivity contribution in [3.8, 4) is 23.0 Å². The Morgan fingerprint density at radius 2 is 1.64 bits per heavy atom. The van der Waals surface area contributed by atoms with Crippen molar-refractivity contribution in [3.63, 3.8) is 0 Å². The average Bonchev–Trinajstić information content (AvgIpc) is 2.90. The van der Waals surface area contributed by atoms with E-state index in [-0.39, 0.29) is 0 Å². The number of rotatable bonds is 8. The molecule has 1 aromatic heterocycles. The molecule has 36 heavy (non-hydrogen) atoms. The quantitative estimate of drug-likeness (QED) is 0.264. The fourth-order valence-corrected chi connectivity index (χ4v) is 4.52. The Morgan fingerprint density at radius 3 is 2.33 bits per heavy atom. The highest BCUT2D eigenvalue weighted by Gasteiger charge is 2.19. The summed E-state index contributed by atoms with van der Waals surface area (Å²) < 4.78 is 18.8. The van der Waals surface area contributed by atoms with Crippen LogP contribution in [0.1, 0.15) is 12.8 Å². The molecule has 0 atom stereocenters. The molecule has 1 N–H and O–H groups in total. The lowest BCUT2D eigenvalue weighted by molar-refractivity contribution is 0.157. The minimum Gasteiger partial charge on any atom is -0.493 e. The van der Waals surface area contributed by atoms with Crippen molar-refractivity contribution >= 4 is 38.3 Å². The number of nitrogens with zero attached hydrogens (tertiary/aromatic N) is 3. The number of likely N-dealkylation sites (tertiary alicyclic amines) is 1. The molecular weight excluding hydrogens is 520 g/mol. The molecule has 0 amide bonds. The third-order valence-corrected chi connectivity index (χ3v) is 6.93. The van der Waals surface area contributed by atoms with Gasteiger partial charge in [-0.05, 0) is 93.5 Å². The second-order valence-corrected chi connectivity index (χ2v) is 9.92. The highest BCUT2D eigenvalue weighted by Crippen LogP contribution is 2.35. The Bertz CT molecular complexity index is 1310. The standard InChI is InChI=1S/C28H29BrN4O3/c1-33-13-11-19(12-14-33)17-35-27-16-25-24(15-26(27)34-2)28(31-18-30-25)32-21-5-9-23(10-6-21)36-22-7-3-20(29)4-8-22/h3-10,15-16,18-19H,11-14,17H2,1-2H3,(H,30,31,32). The molecule has 0 spiro atoms. The zero-order chi connectivity index (χ0) is 24.9. The number of methoxy groups -OCH3 is 1. The number of nitrogens with one attached hydrogen (secondary N) is 1. The molecule has 1 fully saturated rings. The topological polar surface area (TPSA) is 68.7 Å². The Morgan fingerprint density at radius 1 is 0.944 bits per heavy atom. The summed E-state index contributed by atoms with van der Waals surface area (Å²) >= 11 is 3.44. The van der Waals surface area contributed by atoms with Gasteiger partial charge in [-0.15, -0.1) is 0 Å². The zero-order valence-electron chi connectivity index (χ0n) is 20.4. The first-order chi connectivity index (χ1) is 17.6. The normalized spacial score (nSPS) is 14.5. The zero-order valence-corrected chi connectivity index (χ0v) is 22.0. The van der Waals surface area contributed by atoms with E-state index in [0.717, 1.165) is 58.5 Å². The first-order valence-electron chi connectivity index (χ1n) is 12.0. The summed E-state index contributed by atoms with van der Waals surface area (Å²) in [5.74, 6) is 4.17. The van der Waals surface area contributed by atoms with Gasteiger partial charge in [-0.25, -0.2) is 9.97 Å². The molecule has 0 aliphatic carbocycles. The molecule has 0 bridgehead atoms. The Kier molecular flexibility index (Phi) is 7.53. The third-order valence-electron chi connectivity index (χ3n) is 6.40. The summed E-state index contributed by atoms with van der Waals surface area (Å²) in [4.78, 5) is 11.3. The van der Waals surface area contributed by atoms with Crippen LogP contribution in [0.15, 0.2) is 71.5 Å². The van der Waals surface area contributed by atoms with E-state index in [0.29, 0.717) is 29.8 Å². The molecular formula is C28H29BrN4O3. The van der Waals surface area contributed by atoms with Crippen LogP contribution in [0.25, 0.3) is 10.9 Å². The van der Waals surface area contributed by atoms with E-state index in [9.17, 15) is 0 Å². The smallest absolute Gasteiger partial charge is 0.163 e. The average molecular weight is 549 g/mol. The van der Waals surface area contributed by atoms with Gasteiger partial charge in [0.2, 0.25) is 0 Å². The maximum atomic E-state index is 6.20. The number of hydrogen-bond acceptors (Lipinski definition) is 7. The van der Waals surface area contributed by atoms with Crippen molar-refractivity contribution < 1.29 is 14.2 Å². The first-order valence-corrected chi connectivity index (χ1v) is 12.8. The SMILES string of the molecule is COc1cc2c(Nc3ccc(Oc4ccc(Br)cc4)cc3)ncnc2cc1OCC1CCN(C)CC1. The summed E-state index contributed by atoms with van der Waals surface area (Å²) in [6, 6.07) is 19.4. The fraction of sp³-hybridized carbons (Fsp3) is 0.286. The number of anilines is 2. The largest absolute Gasteiger partial charge is 0.493 e. The van der Waals surface area contributed by atoms with Gasteiger partial charge in [0.25, 0.3) is 0 Å². The van der Waals surface area contributed by atoms with E-state index in [1.54, 1.807) is 13.4 Å². The van der Waals surface area contributed by atoms with Crippen LogP contribution in [-0.2, 0) is 0 Å². The van der Waals surface area contributed by atoms with Gasteiger partial charge in [-0.2, -0.15) is 0 Å². The van der Waals surface area contributed by atoms with E-state index >= 15 is 0 Å². The lowest BCUT2D eigenvalue weighted by Crippen LogP contribution is -2.32. The Labute approximate surface area is 219 Å². The van der Waals surface area contributed by atoms with Crippen LogP contribution in [-0.4, -0.2) is 48.7 Å². The monoisotopic (exact) mass is 548 g/mol. The molecule has 8 heteroatoms. The molecule has 1 aliphatic rings. The van der Waals surface area contributed by atoms with Crippen LogP contribution in [0.2, 0.25) is 0 Å². The second-order valence-electron chi connectivity index (χ2n) is 9.01. The van der Waals surface area contributed by atoms with Crippen LogP contribution < -0.4 is 19.5 Å². The number of aromatic nitrogens is 2. The van der Waals surface area contributed by atoms with Gasteiger partial charge in [0.1, 0.15) is 23.6 Å². The molecule has 0 saturated carbocycles. The van der Waals surface area contributed by atoms with E-state index < -0.39 is 0 Å². The minimum absolute atomic E-state index is 0.556. The van der Waals surface area contributed by atoms with Crippen molar-refractivity contribution in [3.05, 3.63) is 71.5 Å². The minimum atomic E-state index is 0.556. The van der Waals surface area contributed by atoms with Gasteiger partial charge >= 0.3 is 0 Å². The molecule has 5 rings (SSSR count). The van der Waals surface area contributed by atoms with E-state index in [1.807, 2.05) is 60.7 Å². The Hall–Kier alpha value is -3.36. The molecule has 7 nitrogen and oxygen atoms in total. The van der Waals surface area contributed by atoms with Crippen molar-refractivity contribution in [1.29, 1.82) is 0 Å². The predicted molar refractivity (Wildman–Crippen MR) is 146 cm³/mol. The molecule has 4 aromatic rings. The van der Waals surface area contributed by atoms with E-state index in [4.69, 9.17) is 14.2 Å². The number of hydrogen-bond donors (Lipinski definition) is 1. The summed E-state index contributed by atoms with van der Waals surface area (Å²) in [5, 5.41) is 4.25. The highest BCUT2D eigenvalue weighted by molar-refractivity contribution is 9.10. The number of halogens is 1. The van der Waals surface area contributed by atoms with Gasteiger partial charge in [0, 0.05) is 21.6 Å². The van der Waals surface area contributed by atoms with Crippen LogP contribution in [0.5, 0.6) is 23.0 Å².